The predicted molar refractivity (Wildman–Crippen MR) is 269 cm³/mol. The van der Waals surface area contributed by atoms with Crippen molar-refractivity contribution in [3.05, 3.63) is 101 Å². The van der Waals surface area contributed by atoms with Gasteiger partial charge in [-0.3, -0.25) is 14.5 Å². The van der Waals surface area contributed by atoms with Gasteiger partial charge in [0, 0.05) is 86.1 Å². The molecular weight excluding hydrogens is 877 g/mol. The minimum absolute atomic E-state index is 0.00641. The molecule has 3 aromatic rings. The Kier molecular flexibility index (Phi) is 19.0. The Morgan fingerprint density at radius 2 is 1.42 bits per heavy atom. The summed E-state index contributed by atoms with van der Waals surface area (Å²) in [6.07, 6.45) is 6.75. The van der Waals surface area contributed by atoms with Crippen molar-refractivity contribution in [3.63, 3.8) is 0 Å². The first-order valence-corrected chi connectivity index (χ1v) is 24.6. The molecule has 7 rings (SSSR count). The van der Waals surface area contributed by atoms with E-state index in [2.05, 4.69) is 44.7 Å². The molecule has 3 N–H and O–H groups in total. The Hall–Kier alpha value is -5.84. The van der Waals surface area contributed by atoms with Crippen molar-refractivity contribution < 1.29 is 42.9 Å². The van der Waals surface area contributed by atoms with Crippen LogP contribution in [0.1, 0.15) is 64.8 Å². The first kappa shape index (κ1) is 51.0. The number of hydrogen-bond acceptors (Lipinski definition) is 11. The summed E-state index contributed by atoms with van der Waals surface area (Å²) in [5.41, 5.74) is 5.01. The molecule has 0 saturated carbocycles. The number of hydrogen-bond donors (Lipinski definition) is 3. The SMILES string of the molecule is CN(C)c1ccc2c(-c3ccc(C(=O)NCCOCCOCCOCCNC(=O)C4CCN(Cc5ccc(OCCCN6CCCCC6)cc5)CC4)cc3C(=O)O)c3ccc(=[N+](C)C)cc-3oc2c1. The van der Waals surface area contributed by atoms with E-state index in [1.807, 2.05) is 74.1 Å². The van der Waals surface area contributed by atoms with Crippen molar-refractivity contribution in [1.29, 1.82) is 0 Å². The van der Waals surface area contributed by atoms with Gasteiger partial charge >= 0.3 is 5.97 Å². The summed E-state index contributed by atoms with van der Waals surface area (Å²) in [6.45, 7) is 9.81. The Morgan fingerprint density at radius 1 is 0.739 bits per heavy atom. The number of carbonyl (C=O) groups is 3. The number of aromatic carboxylic acids is 1. The van der Waals surface area contributed by atoms with Gasteiger partial charge in [-0.05, 0) is 112 Å². The average molecular weight is 948 g/mol. The quantitative estimate of drug-likeness (QED) is 0.0374. The standard InChI is InChI=1S/C54H70N6O9/c1-57(2)42-12-17-46-49(36-42)69-50-37-43(58(3)4)13-18-47(50)51(46)45-16-11-41(35-48(45)54(63)64)53(62)56-22-30-66-32-34-67-33-31-65-29-21-55-52(61)40-19-26-60(27-20-40)38-39-9-14-44(15-10-39)68-28-8-25-59-23-6-5-7-24-59/h9-18,35-37,40H,5-8,19-34,38H2,1-4H3,(H2-,55,56,61,62,63,64)/p+1. The normalized spacial score (nSPS) is 14.8. The summed E-state index contributed by atoms with van der Waals surface area (Å²) in [5, 5.41) is 18.0. The highest BCUT2D eigenvalue weighted by Crippen LogP contribution is 2.42. The van der Waals surface area contributed by atoms with Crippen LogP contribution in [0.4, 0.5) is 5.69 Å². The number of carbonyl (C=O) groups excluding carboxylic acids is 2. The highest BCUT2D eigenvalue weighted by molar-refractivity contribution is 6.09. The molecule has 3 aliphatic heterocycles. The third-order valence-electron chi connectivity index (χ3n) is 12.9. The number of rotatable bonds is 24. The van der Waals surface area contributed by atoms with Crippen molar-refractivity contribution in [2.24, 2.45) is 5.92 Å². The molecule has 15 nitrogen and oxygen atoms in total. The maximum absolute atomic E-state index is 13.2. The number of carboxylic acids is 1. The van der Waals surface area contributed by atoms with Gasteiger partial charge in [-0.2, -0.15) is 0 Å². The zero-order valence-corrected chi connectivity index (χ0v) is 40.9. The highest BCUT2D eigenvalue weighted by Gasteiger charge is 2.26. The largest absolute Gasteiger partial charge is 0.494 e. The molecule has 4 aliphatic rings. The fourth-order valence-electron chi connectivity index (χ4n) is 9.03. The van der Waals surface area contributed by atoms with Crippen LogP contribution >= 0.6 is 0 Å². The summed E-state index contributed by atoms with van der Waals surface area (Å²) < 4.78 is 31.3. The molecule has 15 heteroatoms. The van der Waals surface area contributed by atoms with E-state index in [9.17, 15) is 19.5 Å². The van der Waals surface area contributed by atoms with Gasteiger partial charge in [-0.1, -0.05) is 24.6 Å². The number of nitrogens with one attached hydrogen (secondary N) is 2. The molecule has 3 heterocycles. The maximum atomic E-state index is 13.2. The highest BCUT2D eigenvalue weighted by atomic mass is 16.5. The van der Waals surface area contributed by atoms with Gasteiger partial charge in [0.2, 0.25) is 11.3 Å². The zero-order chi connectivity index (χ0) is 48.5. The Morgan fingerprint density at radius 3 is 2.10 bits per heavy atom. The lowest BCUT2D eigenvalue weighted by Crippen LogP contribution is -2.41. The third-order valence-corrected chi connectivity index (χ3v) is 12.9. The number of ether oxygens (including phenoxy) is 4. The molecule has 0 unspecified atom stereocenters. The number of nitrogens with zero attached hydrogens (tertiary/aromatic N) is 4. The van der Waals surface area contributed by atoms with Crippen LogP contribution in [0.2, 0.25) is 0 Å². The van der Waals surface area contributed by atoms with Crippen LogP contribution in [0.3, 0.4) is 0 Å². The number of benzene rings is 4. The van der Waals surface area contributed by atoms with E-state index in [4.69, 9.17) is 23.4 Å². The van der Waals surface area contributed by atoms with E-state index in [0.717, 1.165) is 79.8 Å². The lowest BCUT2D eigenvalue weighted by atomic mass is 9.89. The summed E-state index contributed by atoms with van der Waals surface area (Å²) in [7, 11) is 7.80. The molecule has 370 valence electrons. The van der Waals surface area contributed by atoms with E-state index >= 15 is 0 Å². The third kappa shape index (κ3) is 14.6. The second-order valence-electron chi connectivity index (χ2n) is 18.4. The van der Waals surface area contributed by atoms with Crippen molar-refractivity contribution in [2.45, 2.75) is 45.1 Å². The zero-order valence-electron chi connectivity index (χ0n) is 40.9. The van der Waals surface area contributed by atoms with E-state index < -0.39 is 11.9 Å². The summed E-state index contributed by atoms with van der Waals surface area (Å²) >= 11 is 0. The number of carboxylic acid groups (broad SMARTS) is 1. The molecule has 2 fully saturated rings. The van der Waals surface area contributed by atoms with Crippen molar-refractivity contribution in [3.8, 4) is 28.2 Å². The molecule has 0 atom stereocenters. The Balaban J connectivity index is 0.741. The fraction of sp³-hybridized carbons (Fsp3) is 0.481. The number of piperidine rings is 2. The molecular formula is C54H71N6O9+. The summed E-state index contributed by atoms with van der Waals surface area (Å²) in [5.74, 6) is 0.103. The molecule has 2 saturated heterocycles. The van der Waals surface area contributed by atoms with Crippen LogP contribution in [0.15, 0.2) is 83.3 Å². The van der Waals surface area contributed by atoms with E-state index in [1.54, 1.807) is 12.1 Å². The monoisotopic (exact) mass is 948 g/mol. The summed E-state index contributed by atoms with van der Waals surface area (Å²) in [4.78, 5) is 45.7. The van der Waals surface area contributed by atoms with E-state index in [0.29, 0.717) is 62.0 Å². The number of likely N-dealkylation sites (tertiary alicyclic amines) is 2. The van der Waals surface area contributed by atoms with Gasteiger partial charge in [-0.25, -0.2) is 9.37 Å². The van der Waals surface area contributed by atoms with Crippen LogP contribution in [0.5, 0.6) is 5.75 Å². The topological polar surface area (TPSA) is 158 Å². The van der Waals surface area contributed by atoms with Gasteiger partial charge in [0.15, 0.2) is 0 Å². The smallest absolute Gasteiger partial charge is 0.336 e. The van der Waals surface area contributed by atoms with Crippen LogP contribution in [-0.2, 0) is 25.5 Å². The van der Waals surface area contributed by atoms with E-state index in [-0.39, 0.29) is 36.1 Å². The van der Waals surface area contributed by atoms with Gasteiger partial charge in [-0.15, -0.1) is 0 Å². The fourth-order valence-corrected chi connectivity index (χ4v) is 9.03. The van der Waals surface area contributed by atoms with Crippen LogP contribution < -0.4 is 30.2 Å². The van der Waals surface area contributed by atoms with E-state index in [1.165, 1.54) is 44.0 Å². The van der Waals surface area contributed by atoms with Crippen molar-refractivity contribution in [2.75, 3.05) is 125 Å². The molecule has 0 aromatic heterocycles. The maximum Gasteiger partial charge on any atom is 0.336 e. The molecule has 0 bridgehead atoms. The molecule has 0 spiro atoms. The Bertz CT molecular complexity index is 2510. The van der Waals surface area contributed by atoms with Crippen LogP contribution in [-0.4, -0.2) is 153 Å². The van der Waals surface area contributed by atoms with Crippen molar-refractivity contribution in [1.82, 2.24) is 25.0 Å². The van der Waals surface area contributed by atoms with Crippen molar-refractivity contribution >= 4 is 34.4 Å². The van der Waals surface area contributed by atoms with Gasteiger partial charge in [0.25, 0.3) is 5.91 Å². The average Bonchev–Trinajstić information content (AvgIpc) is 3.36. The molecule has 0 radical (unpaired) electrons. The Labute approximate surface area is 406 Å². The van der Waals surface area contributed by atoms with Gasteiger partial charge in [0.1, 0.15) is 31.2 Å². The van der Waals surface area contributed by atoms with Gasteiger partial charge < -0.3 is 48.9 Å². The molecule has 2 amide bonds. The van der Waals surface area contributed by atoms with Crippen LogP contribution in [0.25, 0.3) is 33.4 Å². The van der Waals surface area contributed by atoms with Gasteiger partial charge in [0.05, 0.1) is 57.9 Å². The minimum Gasteiger partial charge on any atom is -0.494 e. The minimum atomic E-state index is -1.15. The molecule has 69 heavy (non-hydrogen) atoms. The number of anilines is 1. The van der Waals surface area contributed by atoms with Crippen LogP contribution in [0, 0.1) is 5.92 Å². The number of amides is 2. The summed E-state index contributed by atoms with van der Waals surface area (Å²) in [6, 6.07) is 24.9. The first-order valence-electron chi connectivity index (χ1n) is 24.6. The molecule has 3 aromatic carbocycles. The number of fused-ring (bicyclic) bond motifs is 2. The second-order valence-corrected chi connectivity index (χ2v) is 18.4. The first-order chi connectivity index (χ1) is 33.5. The predicted octanol–water partition coefficient (Wildman–Crippen LogP) is 6.06. The lowest BCUT2D eigenvalue weighted by Gasteiger charge is -2.31. The lowest BCUT2D eigenvalue weighted by molar-refractivity contribution is -0.126. The molecule has 1 aliphatic carbocycles. The second kappa shape index (κ2) is 25.7.